The van der Waals surface area contributed by atoms with E-state index in [0.717, 1.165) is 16.9 Å². The van der Waals surface area contributed by atoms with Crippen LogP contribution in [0.25, 0.3) is 26.8 Å². The first-order chi connectivity index (χ1) is 11.6. The van der Waals surface area contributed by atoms with Crippen molar-refractivity contribution in [3.8, 4) is 5.69 Å². The van der Waals surface area contributed by atoms with Crippen molar-refractivity contribution in [1.29, 1.82) is 0 Å². The molecule has 3 aromatic heterocycles. The van der Waals surface area contributed by atoms with E-state index >= 15 is 0 Å². The van der Waals surface area contributed by atoms with Gasteiger partial charge < -0.3 is 4.98 Å². The van der Waals surface area contributed by atoms with Crippen LogP contribution in [0.2, 0.25) is 0 Å². The molecule has 0 aliphatic carbocycles. The second-order valence-electron chi connectivity index (χ2n) is 6.11. The third-order valence-corrected chi connectivity index (χ3v) is 5.12. The smallest absolute Gasteiger partial charge is 0.268 e. The second-order valence-corrected chi connectivity index (χ2v) is 7.02. The molecule has 0 radical (unpaired) electrons. The molecule has 1 aromatic carbocycles. The zero-order valence-corrected chi connectivity index (χ0v) is 14.2. The quantitative estimate of drug-likeness (QED) is 0.601. The standard InChI is InChI=1S/C19H16N2O2S/c1-11(2)15-10-14-16(17(22)18-13(20-14)8-9-24-18)19(23)21(15)12-6-4-3-5-7-12/h3-11H,1-2H3,(H,20,22). The fourth-order valence-electron chi connectivity index (χ4n) is 3.06. The molecular formula is C19H16N2O2S. The van der Waals surface area contributed by atoms with Crippen LogP contribution in [-0.4, -0.2) is 9.55 Å². The molecular weight excluding hydrogens is 320 g/mol. The fraction of sp³-hybridized carbons (Fsp3) is 0.158. The molecule has 4 aromatic rings. The van der Waals surface area contributed by atoms with E-state index in [1.807, 2.05) is 61.7 Å². The highest BCUT2D eigenvalue weighted by molar-refractivity contribution is 7.17. The number of aromatic nitrogens is 2. The van der Waals surface area contributed by atoms with Crippen molar-refractivity contribution in [2.45, 2.75) is 19.8 Å². The van der Waals surface area contributed by atoms with Crippen LogP contribution in [0.15, 0.2) is 57.4 Å². The summed E-state index contributed by atoms with van der Waals surface area (Å²) in [4.78, 5) is 29.2. The van der Waals surface area contributed by atoms with Gasteiger partial charge in [-0.3, -0.25) is 14.2 Å². The maximum absolute atomic E-state index is 13.2. The van der Waals surface area contributed by atoms with Crippen LogP contribution in [0.1, 0.15) is 25.5 Å². The lowest BCUT2D eigenvalue weighted by Crippen LogP contribution is -2.27. The van der Waals surface area contributed by atoms with E-state index in [1.165, 1.54) is 11.3 Å². The van der Waals surface area contributed by atoms with Gasteiger partial charge in [0.05, 0.1) is 15.7 Å². The summed E-state index contributed by atoms with van der Waals surface area (Å²) in [7, 11) is 0. The number of thiophene rings is 1. The molecule has 5 heteroatoms. The highest BCUT2D eigenvalue weighted by Crippen LogP contribution is 2.23. The number of rotatable bonds is 2. The molecule has 4 nitrogen and oxygen atoms in total. The van der Waals surface area contributed by atoms with Gasteiger partial charge in [-0.15, -0.1) is 11.3 Å². The van der Waals surface area contributed by atoms with E-state index in [9.17, 15) is 9.59 Å². The Balaban J connectivity index is 2.22. The summed E-state index contributed by atoms with van der Waals surface area (Å²) in [5.41, 5.74) is 2.58. The number of hydrogen-bond donors (Lipinski definition) is 1. The highest BCUT2D eigenvalue weighted by atomic mass is 32.1. The minimum atomic E-state index is -0.265. The van der Waals surface area contributed by atoms with Gasteiger partial charge in [0.2, 0.25) is 5.43 Å². The first-order valence-electron chi connectivity index (χ1n) is 7.82. The van der Waals surface area contributed by atoms with Crippen molar-refractivity contribution in [3.63, 3.8) is 0 Å². The van der Waals surface area contributed by atoms with Gasteiger partial charge in [0.25, 0.3) is 5.56 Å². The molecule has 4 rings (SSSR count). The molecule has 24 heavy (non-hydrogen) atoms. The first-order valence-corrected chi connectivity index (χ1v) is 8.70. The zero-order chi connectivity index (χ0) is 16.8. The summed E-state index contributed by atoms with van der Waals surface area (Å²) in [6, 6.07) is 13.3. The predicted octanol–water partition coefficient (Wildman–Crippen LogP) is 4.02. The van der Waals surface area contributed by atoms with Crippen molar-refractivity contribution < 1.29 is 0 Å². The van der Waals surface area contributed by atoms with Crippen LogP contribution in [0.4, 0.5) is 0 Å². The van der Waals surface area contributed by atoms with Crippen LogP contribution in [0.5, 0.6) is 0 Å². The molecule has 0 spiro atoms. The molecule has 0 bridgehead atoms. The third kappa shape index (κ3) is 2.12. The first kappa shape index (κ1) is 14.9. The molecule has 0 amide bonds. The Morgan fingerprint density at radius 3 is 2.50 bits per heavy atom. The van der Waals surface area contributed by atoms with E-state index < -0.39 is 0 Å². The maximum Gasteiger partial charge on any atom is 0.268 e. The number of fused-ring (bicyclic) bond motifs is 2. The molecule has 0 aliphatic rings. The van der Waals surface area contributed by atoms with Gasteiger partial charge in [-0.2, -0.15) is 0 Å². The Hall–Kier alpha value is -2.66. The average molecular weight is 336 g/mol. The van der Waals surface area contributed by atoms with Gasteiger partial charge >= 0.3 is 0 Å². The number of pyridine rings is 2. The van der Waals surface area contributed by atoms with E-state index in [0.29, 0.717) is 10.2 Å². The molecule has 1 N–H and O–H groups in total. The van der Waals surface area contributed by atoms with Crippen molar-refractivity contribution in [2.75, 3.05) is 0 Å². The molecule has 0 aliphatic heterocycles. The van der Waals surface area contributed by atoms with Crippen LogP contribution in [0, 0.1) is 0 Å². The minimum absolute atomic E-state index is 0.143. The lowest BCUT2D eigenvalue weighted by molar-refractivity contribution is 0.764. The molecule has 0 atom stereocenters. The molecule has 0 saturated carbocycles. The molecule has 0 saturated heterocycles. The van der Waals surface area contributed by atoms with Crippen LogP contribution in [-0.2, 0) is 0 Å². The zero-order valence-electron chi connectivity index (χ0n) is 13.4. The summed E-state index contributed by atoms with van der Waals surface area (Å²) >= 11 is 1.36. The van der Waals surface area contributed by atoms with Crippen molar-refractivity contribution >= 4 is 32.5 Å². The van der Waals surface area contributed by atoms with Crippen LogP contribution < -0.4 is 11.0 Å². The number of nitrogens with one attached hydrogen (secondary N) is 1. The SMILES string of the molecule is CC(C)c1cc2[nH]c3ccsc3c(=O)c2c(=O)n1-c1ccccc1. The summed E-state index contributed by atoms with van der Waals surface area (Å²) in [5, 5.41) is 2.08. The molecule has 120 valence electrons. The normalized spacial score (nSPS) is 11.6. The number of benzene rings is 1. The van der Waals surface area contributed by atoms with E-state index in [-0.39, 0.29) is 22.3 Å². The van der Waals surface area contributed by atoms with Gasteiger partial charge in [0.15, 0.2) is 0 Å². The third-order valence-electron chi connectivity index (χ3n) is 4.21. The number of H-pyrrole nitrogens is 1. The largest absolute Gasteiger partial charge is 0.353 e. The molecule has 0 fully saturated rings. The Morgan fingerprint density at radius 1 is 1.04 bits per heavy atom. The summed E-state index contributed by atoms with van der Waals surface area (Å²) in [6.45, 7) is 4.09. The van der Waals surface area contributed by atoms with Crippen molar-refractivity contribution in [1.82, 2.24) is 9.55 Å². The monoisotopic (exact) mass is 336 g/mol. The second kappa shape index (κ2) is 5.46. The van der Waals surface area contributed by atoms with Gasteiger partial charge in [-0.1, -0.05) is 32.0 Å². The predicted molar refractivity (Wildman–Crippen MR) is 99.6 cm³/mol. The lowest BCUT2D eigenvalue weighted by Gasteiger charge is -2.17. The number of aromatic amines is 1. The minimum Gasteiger partial charge on any atom is -0.353 e. The summed E-state index contributed by atoms with van der Waals surface area (Å²) in [5.74, 6) is 0.143. The number of para-hydroxylation sites is 1. The van der Waals surface area contributed by atoms with Crippen LogP contribution in [0.3, 0.4) is 0 Å². The van der Waals surface area contributed by atoms with Gasteiger partial charge in [-0.25, -0.2) is 0 Å². The van der Waals surface area contributed by atoms with Gasteiger partial charge in [0.1, 0.15) is 5.39 Å². The van der Waals surface area contributed by atoms with Crippen LogP contribution >= 0.6 is 11.3 Å². The molecule has 3 heterocycles. The Morgan fingerprint density at radius 2 is 1.79 bits per heavy atom. The Kier molecular flexibility index (Phi) is 3.39. The maximum atomic E-state index is 13.2. The van der Waals surface area contributed by atoms with Crippen molar-refractivity contribution in [2.24, 2.45) is 0 Å². The average Bonchev–Trinajstić information content (AvgIpc) is 3.04. The fourth-order valence-corrected chi connectivity index (χ4v) is 3.85. The van der Waals surface area contributed by atoms with Gasteiger partial charge in [-0.05, 0) is 35.6 Å². The Bertz CT molecular complexity index is 1170. The highest BCUT2D eigenvalue weighted by Gasteiger charge is 2.17. The summed E-state index contributed by atoms with van der Waals surface area (Å²) in [6.07, 6.45) is 0. The molecule has 0 unspecified atom stereocenters. The van der Waals surface area contributed by atoms with E-state index in [1.54, 1.807) is 4.57 Å². The van der Waals surface area contributed by atoms with Gasteiger partial charge in [0, 0.05) is 11.4 Å². The topological polar surface area (TPSA) is 54.9 Å². The van der Waals surface area contributed by atoms with E-state index in [4.69, 9.17) is 0 Å². The number of nitrogens with zero attached hydrogens (tertiary/aromatic N) is 1. The lowest BCUT2D eigenvalue weighted by atomic mass is 10.1. The van der Waals surface area contributed by atoms with E-state index in [2.05, 4.69) is 4.98 Å². The number of hydrogen-bond acceptors (Lipinski definition) is 3. The van der Waals surface area contributed by atoms with Crippen molar-refractivity contribution in [3.05, 3.63) is 74.1 Å². The summed E-state index contributed by atoms with van der Waals surface area (Å²) < 4.78 is 2.25. The Labute approximate surface area is 142 Å².